The maximum absolute atomic E-state index is 10.2. The minimum absolute atomic E-state index is 0.586. The molecule has 1 fully saturated rings. The van der Waals surface area contributed by atoms with E-state index in [4.69, 9.17) is 0 Å². The third-order valence-electron chi connectivity index (χ3n) is 2.91. The predicted octanol–water partition coefficient (Wildman–Crippen LogP) is 2.01. The summed E-state index contributed by atoms with van der Waals surface area (Å²) >= 11 is 0. The van der Waals surface area contributed by atoms with Crippen LogP contribution in [0.15, 0.2) is 18.5 Å². The lowest BCUT2D eigenvalue weighted by atomic mass is 9.68. The molecule has 0 saturated heterocycles. The van der Waals surface area contributed by atoms with Crippen LogP contribution in [0.3, 0.4) is 0 Å². The van der Waals surface area contributed by atoms with Crippen molar-refractivity contribution in [1.29, 1.82) is 0 Å². The van der Waals surface area contributed by atoms with Crippen LogP contribution in [0.5, 0.6) is 0 Å². The number of aromatic nitrogens is 1. The van der Waals surface area contributed by atoms with Crippen LogP contribution in [-0.4, -0.2) is 10.1 Å². The van der Waals surface area contributed by atoms with E-state index in [1.807, 2.05) is 13.0 Å². The van der Waals surface area contributed by atoms with Gasteiger partial charge in [0.2, 0.25) is 0 Å². The first-order chi connectivity index (χ1) is 6.12. The average molecular weight is 177 g/mol. The predicted molar refractivity (Wildman–Crippen MR) is 51.3 cm³/mol. The van der Waals surface area contributed by atoms with Gasteiger partial charge in [-0.05, 0) is 37.3 Å². The Labute approximate surface area is 78.6 Å². The van der Waals surface area contributed by atoms with Gasteiger partial charge in [-0.1, -0.05) is 6.92 Å². The molecule has 1 heterocycles. The van der Waals surface area contributed by atoms with Gasteiger partial charge >= 0.3 is 0 Å². The van der Waals surface area contributed by atoms with Crippen LogP contribution in [0.4, 0.5) is 0 Å². The summed E-state index contributed by atoms with van der Waals surface area (Å²) in [6.07, 6.45) is 5.31. The van der Waals surface area contributed by atoms with Gasteiger partial charge in [-0.25, -0.2) is 0 Å². The summed E-state index contributed by atoms with van der Waals surface area (Å²) in [6.45, 7) is 4.19. The number of pyridine rings is 1. The molecule has 2 rings (SSSR count). The lowest BCUT2D eigenvalue weighted by molar-refractivity contribution is -0.0745. The Balaban J connectivity index is 2.31. The molecular weight excluding hydrogens is 162 g/mol. The Morgan fingerprint density at radius 3 is 2.77 bits per heavy atom. The second-order valence-corrected chi connectivity index (χ2v) is 4.24. The molecule has 2 heteroatoms. The van der Waals surface area contributed by atoms with Crippen molar-refractivity contribution in [1.82, 2.24) is 4.98 Å². The maximum Gasteiger partial charge on any atom is 0.0919 e. The van der Waals surface area contributed by atoms with E-state index in [2.05, 4.69) is 11.9 Å². The van der Waals surface area contributed by atoms with Crippen molar-refractivity contribution in [2.75, 3.05) is 0 Å². The summed E-state index contributed by atoms with van der Waals surface area (Å²) in [5.41, 5.74) is 1.56. The molecule has 0 amide bonds. The molecule has 1 aromatic heterocycles. The van der Waals surface area contributed by atoms with Crippen LogP contribution in [0.2, 0.25) is 0 Å². The Bertz CT molecular complexity index is 316. The van der Waals surface area contributed by atoms with Gasteiger partial charge in [0.25, 0.3) is 0 Å². The van der Waals surface area contributed by atoms with Crippen LogP contribution in [0, 0.1) is 12.8 Å². The lowest BCUT2D eigenvalue weighted by Crippen LogP contribution is -2.40. The van der Waals surface area contributed by atoms with E-state index in [9.17, 15) is 5.11 Å². The van der Waals surface area contributed by atoms with Gasteiger partial charge in [0.1, 0.15) is 0 Å². The summed E-state index contributed by atoms with van der Waals surface area (Å²) in [5.74, 6) is 0.643. The Morgan fingerprint density at radius 1 is 1.54 bits per heavy atom. The zero-order chi connectivity index (χ0) is 9.47. The summed E-state index contributed by atoms with van der Waals surface area (Å²) in [4.78, 5) is 4.06. The highest BCUT2D eigenvalue weighted by Crippen LogP contribution is 2.45. The van der Waals surface area contributed by atoms with Crippen LogP contribution < -0.4 is 0 Å². The molecule has 1 N–H and O–H groups in total. The average Bonchev–Trinajstić information content (AvgIpc) is 2.02. The van der Waals surface area contributed by atoms with Gasteiger partial charge in [-0.2, -0.15) is 0 Å². The zero-order valence-corrected chi connectivity index (χ0v) is 8.12. The molecule has 1 aromatic rings. The van der Waals surface area contributed by atoms with E-state index >= 15 is 0 Å². The zero-order valence-electron chi connectivity index (χ0n) is 8.12. The third kappa shape index (κ3) is 1.35. The SMILES string of the molecule is Cc1ccncc1C1(O)CC(C)C1. The number of hydrogen-bond acceptors (Lipinski definition) is 2. The van der Waals surface area contributed by atoms with Gasteiger partial charge in [0, 0.05) is 18.0 Å². The van der Waals surface area contributed by atoms with E-state index in [-0.39, 0.29) is 0 Å². The first-order valence-electron chi connectivity index (χ1n) is 4.75. The summed E-state index contributed by atoms with van der Waals surface area (Å²) in [7, 11) is 0. The molecule has 0 bridgehead atoms. The first-order valence-corrected chi connectivity index (χ1v) is 4.75. The van der Waals surface area contributed by atoms with Crippen molar-refractivity contribution in [3.05, 3.63) is 29.6 Å². The smallest absolute Gasteiger partial charge is 0.0919 e. The maximum atomic E-state index is 10.2. The van der Waals surface area contributed by atoms with E-state index in [0.29, 0.717) is 5.92 Å². The fourth-order valence-electron chi connectivity index (χ4n) is 2.26. The van der Waals surface area contributed by atoms with Crippen molar-refractivity contribution in [3.63, 3.8) is 0 Å². The van der Waals surface area contributed by atoms with E-state index in [1.54, 1.807) is 12.4 Å². The molecule has 0 atom stereocenters. The number of aryl methyl sites for hydroxylation is 1. The largest absolute Gasteiger partial charge is 0.385 e. The van der Waals surface area contributed by atoms with E-state index in [1.165, 1.54) is 0 Å². The van der Waals surface area contributed by atoms with Gasteiger partial charge < -0.3 is 5.11 Å². The highest BCUT2D eigenvalue weighted by Gasteiger charge is 2.42. The van der Waals surface area contributed by atoms with Gasteiger partial charge in [-0.15, -0.1) is 0 Å². The van der Waals surface area contributed by atoms with E-state index in [0.717, 1.165) is 24.0 Å². The topological polar surface area (TPSA) is 33.1 Å². The van der Waals surface area contributed by atoms with Crippen molar-refractivity contribution < 1.29 is 5.11 Å². The summed E-state index contributed by atoms with van der Waals surface area (Å²) in [5, 5.41) is 10.2. The Morgan fingerprint density at radius 2 is 2.23 bits per heavy atom. The third-order valence-corrected chi connectivity index (χ3v) is 2.91. The van der Waals surface area contributed by atoms with Crippen molar-refractivity contribution in [3.8, 4) is 0 Å². The minimum atomic E-state index is -0.586. The quantitative estimate of drug-likeness (QED) is 0.711. The van der Waals surface area contributed by atoms with Gasteiger partial charge in [-0.3, -0.25) is 4.98 Å². The van der Waals surface area contributed by atoms with Crippen LogP contribution in [0.1, 0.15) is 30.9 Å². The highest BCUT2D eigenvalue weighted by molar-refractivity contribution is 5.30. The fraction of sp³-hybridized carbons (Fsp3) is 0.545. The Kier molecular flexibility index (Phi) is 1.88. The molecule has 0 radical (unpaired) electrons. The molecular formula is C11H15NO. The molecule has 2 nitrogen and oxygen atoms in total. The first kappa shape index (κ1) is 8.70. The van der Waals surface area contributed by atoms with Crippen LogP contribution in [-0.2, 0) is 5.60 Å². The van der Waals surface area contributed by atoms with Crippen molar-refractivity contribution >= 4 is 0 Å². The Hall–Kier alpha value is -0.890. The molecule has 0 spiro atoms. The van der Waals surface area contributed by atoms with Crippen molar-refractivity contribution in [2.24, 2.45) is 5.92 Å². The van der Waals surface area contributed by atoms with Crippen LogP contribution >= 0.6 is 0 Å². The second kappa shape index (κ2) is 2.81. The monoisotopic (exact) mass is 177 g/mol. The highest BCUT2D eigenvalue weighted by atomic mass is 16.3. The van der Waals surface area contributed by atoms with E-state index < -0.39 is 5.60 Å². The molecule has 1 aliphatic carbocycles. The molecule has 13 heavy (non-hydrogen) atoms. The lowest BCUT2D eigenvalue weighted by Gasteiger charge is -2.42. The van der Waals surface area contributed by atoms with Gasteiger partial charge in [0.05, 0.1) is 5.60 Å². The summed E-state index contributed by atoms with van der Waals surface area (Å²) in [6, 6.07) is 1.95. The number of nitrogens with zero attached hydrogens (tertiary/aromatic N) is 1. The normalized spacial score (nSPS) is 32.7. The fourth-order valence-corrected chi connectivity index (χ4v) is 2.26. The van der Waals surface area contributed by atoms with Crippen LogP contribution in [0.25, 0.3) is 0 Å². The number of rotatable bonds is 1. The molecule has 0 unspecified atom stereocenters. The molecule has 0 aromatic carbocycles. The molecule has 1 saturated carbocycles. The number of hydrogen-bond donors (Lipinski definition) is 1. The molecule has 70 valence electrons. The van der Waals surface area contributed by atoms with Gasteiger partial charge in [0.15, 0.2) is 0 Å². The molecule has 0 aliphatic heterocycles. The van der Waals surface area contributed by atoms with Crippen molar-refractivity contribution in [2.45, 2.75) is 32.3 Å². The number of aliphatic hydroxyl groups is 1. The second-order valence-electron chi connectivity index (χ2n) is 4.24. The summed E-state index contributed by atoms with van der Waals surface area (Å²) < 4.78 is 0. The molecule has 1 aliphatic rings. The minimum Gasteiger partial charge on any atom is -0.385 e. The standard InChI is InChI=1S/C11H15NO/c1-8-5-11(13,6-8)10-7-12-4-3-9(10)2/h3-4,7-8,13H,5-6H2,1-2H3.